The number of urea groups is 1. The summed E-state index contributed by atoms with van der Waals surface area (Å²) in [7, 11) is -0.958. The highest BCUT2D eigenvalue weighted by molar-refractivity contribution is 7.84. The molecule has 0 spiro atoms. The number of anilines is 1. The van der Waals surface area contributed by atoms with Gasteiger partial charge in [0, 0.05) is 28.9 Å². The lowest BCUT2D eigenvalue weighted by molar-refractivity contribution is 0.250. The average Bonchev–Trinajstić information content (AvgIpc) is 2.32. The second-order valence-corrected chi connectivity index (χ2v) is 6.18. The number of nitrogens with one attached hydrogen (secondary N) is 2. The van der Waals surface area contributed by atoms with Crippen LogP contribution in [-0.4, -0.2) is 34.9 Å². The Bertz CT molecular complexity index is 497. The zero-order valence-electron chi connectivity index (χ0n) is 11.7. The van der Waals surface area contributed by atoms with Crippen molar-refractivity contribution in [3.63, 3.8) is 0 Å². The lowest BCUT2D eigenvalue weighted by atomic mass is 10.3. The fraction of sp³-hybridized carbons (Fsp3) is 0.462. The largest absolute Gasteiger partial charge is 0.490 e. The van der Waals surface area contributed by atoms with Gasteiger partial charge in [0.1, 0.15) is 0 Å². The van der Waals surface area contributed by atoms with E-state index in [4.69, 9.17) is 16.3 Å². The van der Waals surface area contributed by atoms with Crippen LogP contribution in [0.3, 0.4) is 0 Å². The van der Waals surface area contributed by atoms with Crippen LogP contribution in [0.5, 0.6) is 5.75 Å². The molecular formula is C13H19ClN2O3S. The van der Waals surface area contributed by atoms with E-state index in [-0.39, 0.29) is 12.1 Å². The number of para-hydroxylation sites is 1. The third-order valence-electron chi connectivity index (χ3n) is 2.37. The van der Waals surface area contributed by atoms with Gasteiger partial charge in [0.25, 0.3) is 0 Å². The molecule has 0 bridgehead atoms. The van der Waals surface area contributed by atoms with Crippen molar-refractivity contribution >= 4 is 34.1 Å². The van der Waals surface area contributed by atoms with Gasteiger partial charge in [-0.2, -0.15) is 0 Å². The third-order valence-corrected chi connectivity index (χ3v) is 3.63. The van der Waals surface area contributed by atoms with Gasteiger partial charge in [0.2, 0.25) is 0 Å². The smallest absolute Gasteiger partial charge is 0.319 e. The number of hydrogen-bond acceptors (Lipinski definition) is 3. The normalized spacial score (nSPS) is 13.4. The number of hydrogen-bond donors (Lipinski definition) is 2. The number of halogens is 1. The first kappa shape index (κ1) is 16.8. The molecule has 112 valence electrons. The Balaban J connectivity index is 2.70. The van der Waals surface area contributed by atoms with Crippen molar-refractivity contribution in [2.45, 2.75) is 19.9 Å². The van der Waals surface area contributed by atoms with Crippen molar-refractivity contribution in [3.8, 4) is 5.75 Å². The molecule has 0 aliphatic heterocycles. The molecule has 0 fully saturated rings. The number of amides is 2. The molecule has 1 aromatic carbocycles. The van der Waals surface area contributed by atoms with Crippen molar-refractivity contribution in [2.24, 2.45) is 0 Å². The molecule has 0 heterocycles. The molecule has 20 heavy (non-hydrogen) atoms. The molecule has 2 atom stereocenters. The topological polar surface area (TPSA) is 67.4 Å². The predicted molar refractivity (Wildman–Crippen MR) is 83.2 cm³/mol. The first-order valence-electron chi connectivity index (χ1n) is 6.22. The van der Waals surface area contributed by atoms with E-state index >= 15 is 0 Å². The van der Waals surface area contributed by atoms with Gasteiger partial charge in [-0.1, -0.05) is 17.7 Å². The summed E-state index contributed by atoms with van der Waals surface area (Å²) in [4.78, 5) is 11.9. The maximum Gasteiger partial charge on any atom is 0.319 e. The Hall–Kier alpha value is -1.27. The molecule has 0 radical (unpaired) electrons. The summed E-state index contributed by atoms with van der Waals surface area (Å²) >= 11 is 6.03. The van der Waals surface area contributed by atoms with E-state index in [2.05, 4.69) is 10.6 Å². The molecular weight excluding hydrogens is 300 g/mol. The summed E-state index contributed by atoms with van der Waals surface area (Å²) in [5.41, 5.74) is 0.502. The third kappa shape index (κ3) is 5.38. The molecule has 0 saturated heterocycles. The van der Waals surface area contributed by atoms with Gasteiger partial charge in [-0.15, -0.1) is 0 Å². The van der Waals surface area contributed by atoms with Crippen molar-refractivity contribution in [1.82, 2.24) is 5.32 Å². The highest BCUT2D eigenvalue weighted by atomic mass is 35.5. The van der Waals surface area contributed by atoms with E-state index in [0.717, 1.165) is 0 Å². The molecule has 0 aliphatic carbocycles. The summed E-state index contributed by atoms with van der Waals surface area (Å²) in [6.07, 6.45) is 1.60. The van der Waals surface area contributed by atoms with E-state index in [1.54, 1.807) is 31.4 Å². The van der Waals surface area contributed by atoms with Crippen LogP contribution in [0.2, 0.25) is 5.02 Å². The van der Waals surface area contributed by atoms with Gasteiger partial charge in [-0.05, 0) is 26.0 Å². The number of benzene rings is 1. The SMILES string of the molecule is CCOc1c(Cl)cccc1NC(=O)N[C@@H](C)C[S@@](C)=O. The van der Waals surface area contributed by atoms with Crippen LogP contribution in [0, 0.1) is 0 Å². The Kier molecular flexibility index (Phi) is 6.81. The van der Waals surface area contributed by atoms with Gasteiger partial charge >= 0.3 is 6.03 Å². The van der Waals surface area contributed by atoms with Crippen LogP contribution in [0.4, 0.5) is 10.5 Å². The maximum absolute atomic E-state index is 11.9. The Morgan fingerprint density at radius 1 is 1.50 bits per heavy atom. The minimum atomic E-state index is -0.958. The first-order valence-corrected chi connectivity index (χ1v) is 8.33. The van der Waals surface area contributed by atoms with Crippen molar-refractivity contribution in [2.75, 3.05) is 23.9 Å². The van der Waals surface area contributed by atoms with Gasteiger partial charge in [-0.3, -0.25) is 4.21 Å². The summed E-state index contributed by atoms with van der Waals surface area (Å²) < 4.78 is 16.5. The monoisotopic (exact) mass is 318 g/mol. The van der Waals surface area contributed by atoms with Crippen molar-refractivity contribution in [3.05, 3.63) is 23.2 Å². The molecule has 0 saturated carbocycles. The molecule has 0 unspecified atom stereocenters. The van der Waals surface area contributed by atoms with Crippen LogP contribution in [-0.2, 0) is 10.8 Å². The molecule has 5 nitrogen and oxygen atoms in total. The van der Waals surface area contributed by atoms with E-state index in [1.165, 1.54) is 0 Å². The quantitative estimate of drug-likeness (QED) is 0.847. The minimum absolute atomic E-state index is 0.185. The van der Waals surface area contributed by atoms with Crippen LogP contribution < -0.4 is 15.4 Å². The Morgan fingerprint density at radius 3 is 2.80 bits per heavy atom. The second-order valence-electron chi connectivity index (χ2n) is 4.29. The molecule has 7 heteroatoms. The van der Waals surface area contributed by atoms with E-state index in [9.17, 15) is 9.00 Å². The summed E-state index contributed by atoms with van der Waals surface area (Å²) in [5.74, 6) is 0.847. The first-order chi connectivity index (χ1) is 9.43. The Labute approximate surface area is 126 Å². The van der Waals surface area contributed by atoms with Crippen LogP contribution >= 0.6 is 11.6 Å². The van der Waals surface area contributed by atoms with Gasteiger partial charge in [0.15, 0.2) is 5.75 Å². The molecule has 2 N–H and O–H groups in total. The fourth-order valence-corrected chi connectivity index (χ4v) is 2.69. The van der Waals surface area contributed by atoms with Gasteiger partial charge < -0.3 is 15.4 Å². The lowest BCUT2D eigenvalue weighted by Crippen LogP contribution is -2.39. The number of carbonyl (C=O) groups excluding carboxylic acids is 1. The molecule has 1 aromatic rings. The predicted octanol–water partition coefficient (Wildman–Crippen LogP) is 2.63. The maximum atomic E-state index is 11.9. The molecule has 1 rings (SSSR count). The van der Waals surface area contributed by atoms with E-state index in [1.807, 2.05) is 6.92 Å². The highest BCUT2D eigenvalue weighted by Crippen LogP contribution is 2.32. The average molecular weight is 319 g/mol. The number of rotatable bonds is 6. The zero-order chi connectivity index (χ0) is 15.1. The zero-order valence-corrected chi connectivity index (χ0v) is 13.3. The molecule has 0 aliphatic rings. The van der Waals surface area contributed by atoms with Gasteiger partial charge in [-0.25, -0.2) is 4.79 Å². The molecule has 2 amide bonds. The van der Waals surface area contributed by atoms with E-state index in [0.29, 0.717) is 28.8 Å². The van der Waals surface area contributed by atoms with Crippen LogP contribution in [0.1, 0.15) is 13.8 Å². The summed E-state index contributed by atoms with van der Waals surface area (Å²) in [6.45, 7) is 4.08. The van der Waals surface area contributed by atoms with Crippen molar-refractivity contribution < 1.29 is 13.7 Å². The lowest BCUT2D eigenvalue weighted by Gasteiger charge is -2.16. The number of carbonyl (C=O) groups is 1. The van der Waals surface area contributed by atoms with E-state index < -0.39 is 10.8 Å². The Morgan fingerprint density at radius 2 is 2.20 bits per heavy atom. The summed E-state index contributed by atoms with van der Waals surface area (Å²) in [6, 6.07) is 4.56. The van der Waals surface area contributed by atoms with Gasteiger partial charge in [0.05, 0.1) is 17.3 Å². The van der Waals surface area contributed by atoms with Crippen LogP contribution in [0.15, 0.2) is 18.2 Å². The number of ether oxygens (including phenoxy) is 1. The fourth-order valence-electron chi connectivity index (χ4n) is 1.67. The highest BCUT2D eigenvalue weighted by Gasteiger charge is 2.13. The summed E-state index contributed by atoms with van der Waals surface area (Å²) in [5, 5.41) is 5.83. The molecule has 0 aromatic heterocycles. The van der Waals surface area contributed by atoms with Crippen molar-refractivity contribution in [1.29, 1.82) is 0 Å². The minimum Gasteiger partial charge on any atom is -0.490 e. The standard InChI is InChI=1S/C13H19ClN2O3S/c1-4-19-12-10(14)6-5-7-11(12)16-13(17)15-9(2)8-20(3)18/h5-7,9H,4,8H2,1-3H3,(H2,15,16,17)/t9-,20+/m0/s1. The van der Waals surface area contributed by atoms with Crippen LogP contribution in [0.25, 0.3) is 0 Å². The second kappa shape index (κ2) is 8.11.